The third-order valence-electron chi connectivity index (χ3n) is 7.09. The molecule has 0 bridgehead atoms. The molecule has 0 saturated carbocycles. The lowest BCUT2D eigenvalue weighted by molar-refractivity contribution is -0.137. The van der Waals surface area contributed by atoms with E-state index in [1.165, 1.54) is 23.5 Å². The largest absolute Gasteiger partial charge is 0.486 e. The van der Waals surface area contributed by atoms with E-state index in [0.717, 1.165) is 12.8 Å². The summed E-state index contributed by atoms with van der Waals surface area (Å²) in [4.78, 5) is 11.3. The molecule has 9 nitrogen and oxygen atoms in total. The number of aliphatic carboxylic acids is 1. The second-order valence-electron chi connectivity index (χ2n) is 9.82. The molecule has 0 radical (unpaired) electrons. The van der Waals surface area contributed by atoms with Gasteiger partial charge < -0.3 is 14.6 Å². The van der Waals surface area contributed by atoms with Crippen LogP contribution in [0.5, 0.6) is 11.6 Å². The summed E-state index contributed by atoms with van der Waals surface area (Å²) in [5, 5.41) is 13.9. The minimum absolute atomic E-state index is 0.00907. The zero-order valence-corrected chi connectivity index (χ0v) is 23.6. The molecule has 2 aromatic carbocycles. The summed E-state index contributed by atoms with van der Waals surface area (Å²) in [6.45, 7) is 2.22. The first kappa shape index (κ1) is 28.0. The fourth-order valence-electron chi connectivity index (χ4n) is 5.22. The number of hydrogen-bond acceptors (Lipinski definition) is 6. The predicted molar refractivity (Wildman–Crippen MR) is 149 cm³/mol. The number of ether oxygens (including phenoxy) is 2. The molecule has 0 amide bonds. The molecule has 1 N–H and O–H groups in total. The van der Waals surface area contributed by atoms with Crippen LogP contribution in [0.2, 0.25) is 5.02 Å². The number of benzene rings is 2. The van der Waals surface area contributed by atoms with Gasteiger partial charge in [0.2, 0.25) is 0 Å². The maximum atomic E-state index is 14.5. The Morgan fingerprint density at radius 2 is 2.10 bits per heavy atom. The van der Waals surface area contributed by atoms with Crippen molar-refractivity contribution in [3.8, 4) is 11.6 Å². The number of carbonyl (C=O) groups is 1. The second kappa shape index (κ2) is 11.1. The van der Waals surface area contributed by atoms with Crippen molar-refractivity contribution in [2.45, 2.75) is 56.6 Å². The fourth-order valence-corrected chi connectivity index (χ4v) is 7.37. The topological polar surface area (TPSA) is 111 Å². The van der Waals surface area contributed by atoms with Crippen molar-refractivity contribution in [1.82, 2.24) is 9.78 Å². The minimum atomic E-state index is -4.20. The number of methoxy groups -OCH3 is 1. The molecule has 1 aromatic heterocycles. The van der Waals surface area contributed by atoms with E-state index >= 15 is 0 Å². The Bertz CT molecular complexity index is 1580. The fraction of sp³-hybridized carbons (Fsp3) is 0.357. The molecule has 3 aromatic rings. The highest BCUT2D eigenvalue weighted by Gasteiger charge is 2.40. The summed E-state index contributed by atoms with van der Waals surface area (Å²) in [5.74, 6) is -1.15. The summed E-state index contributed by atoms with van der Waals surface area (Å²) >= 11 is 6.25. The molecule has 0 saturated heterocycles. The van der Waals surface area contributed by atoms with Gasteiger partial charge in [-0.1, -0.05) is 29.8 Å². The standard InChI is InChI=1S/C28H29ClFN3O6S/c1-17(26-20(29)6-5-7-21(26)30)14-18-9-11-24-23(15-18)33(16-19(39-24)10-12-25(34)35)40(36,37)27-22-8-3-4-13-32(22)31-28(27)38-2/h5-7,9,11,14-15,19H,3-4,8,10,12-13,16H2,1-2H3,(H,34,35). The zero-order valence-electron chi connectivity index (χ0n) is 22.1. The van der Waals surface area contributed by atoms with Crippen molar-refractivity contribution in [1.29, 1.82) is 0 Å². The van der Waals surface area contributed by atoms with Gasteiger partial charge in [-0.05, 0) is 68.0 Å². The van der Waals surface area contributed by atoms with Crippen molar-refractivity contribution in [3.05, 3.63) is 64.1 Å². The Hall–Kier alpha value is -3.57. The number of rotatable bonds is 8. The quantitative estimate of drug-likeness (QED) is 0.350. The van der Waals surface area contributed by atoms with Crippen LogP contribution in [0.25, 0.3) is 11.6 Å². The maximum absolute atomic E-state index is 14.5. The van der Waals surface area contributed by atoms with E-state index in [1.807, 2.05) is 0 Å². The number of hydrogen-bond donors (Lipinski definition) is 1. The Kier molecular flexibility index (Phi) is 7.78. The Labute approximate surface area is 236 Å². The number of allylic oxidation sites excluding steroid dienone is 1. The molecular weight excluding hydrogens is 561 g/mol. The third-order valence-corrected chi connectivity index (χ3v) is 9.26. The highest BCUT2D eigenvalue weighted by atomic mass is 35.5. The van der Waals surface area contributed by atoms with Gasteiger partial charge in [0.05, 0.1) is 30.1 Å². The van der Waals surface area contributed by atoms with Crippen LogP contribution in [0.4, 0.5) is 10.1 Å². The molecular formula is C28H29ClFN3O6S. The third kappa shape index (κ3) is 5.27. The van der Waals surface area contributed by atoms with E-state index in [1.54, 1.807) is 41.9 Å². The maximum Gasteiger partial charge on any atom is 0.303 e. The lowest BCUT2D eigenvalue weighted by Gasteiger charge is -2.35. The highest BCUT2D eigenvalue weighted by molar-refractivity contribution is 7.93. The first-order valence-electron chi connectivity index (χ1n) is 12.9. The Morgan fingerprint density at radius 3 is 2.83 bits per heavy atom. The molecule has 0 spiro atoms. The van der Waals surface area contributed by atoms with E-state index in [-0.39, 0.29) is 46.4 Å². The number of nitrogens with zero attached hydrogens (tertiary/aromatic N) is 3. The smallest absolute Gasteiger partial charge is 0.303 e. The van der Waals surface area contributed by atoms with Crippen LogP contribution >= 0.6 is 11.6 Å². The van der Waals surface area contributed by atoms with Gasteiger partial charge in [-0.2, -0.15) is 0 Å². The summed E-state index contributed by atoms with van der Waals surface area (Å²) in [6, 6.07) is 9.47. The predicted octanol–water partition coefficient (Wildman–Crippen LogP) is 5.40. The summed E-state index contributed by atoms with van der Waals surface area (Å²) in [6.07, 6.45) is 3.22. The van der Waals surface area contributed by atoms with E-state index in [9.17, 15) is 22.7 Å². The molecule has 3 heterocycles. The Morgan fingerprint density at radius 1 is 1.30 bits per heavy atom. The molecule has 212 valence electrons. The van der Waals surface area contributed by atoms with Crippen molar-refractivity contribution >= 4 is 44.9 Å². The molecule has 40 heavy (non-hydrogen) atoms. The van der Waals surface area contributed by atoms with E-state index in [4.69, 9.17) is 21.1 Å². The van der Waals surface area contributed by atoms with E-state index in [0.29, 0.717) is 35.5 Å². The van der Waals surface area contributed by atoms with E-state index in [2.05, 4.69) is 5.10 Å². The van der Waals surface area contributed by atoms with Crippen LogP contribution < -0.4 is 13.8 Å². The first-order chi connectivity index (χ1) is 19.1. The van der Waals surface area contributed by atoms with Crippen LogP contribution in [0, 0.1) is 5.82 Å². The molecule has 0 fully saturated rings. The molecule has 12 heteroatoms. The number of sulfonamides is 1. The van der Waals surface area contributed by atoms with E-state index < -0.39 is 27.9 Å². The van der Waals surface area contributed by atoms with Gasteiger partial charge in [-0.3, -0.25) is 13.8 Å². The van der Waals surface area contributed by atoms with Gasteiger partial charge in [-0.15, -0.1) is 5.10 Å². The molecule has 5 rings (SSSR count). The highest BCUT2D eigenvalue weighted by Crippen LogP contribution is 2.42. The van der Waals surface area contributed by atoms with Crippen molar-refractivity contribution in [2.75, 3.05) is 18.0 Å². The van der Waals surface area contributed by atoms with Crippen LogP contribution in [-0.2, 0) is 27.8 Å². The normalized spacial score (nSPS) is 17.1. The minimum Gasteiger partial charge on any atom is -0.486 e. The number of aryl methyl sites for hydroxylation is 1. The zero-order chi connectivity index (χ0) is 28.6. The monoisotopic (exact) mass is 589 g/mol. The number of carboxylic acid groups (broad SMARTS) is 1. The number of fused-ring (bicyclic) bond motifs is 2. The molecule has 1 atom stereocenters. The molecule has 1 unspecified atom stereocenters. The number of halogens is 2. The van der Waals surface area contributed by atoms with Gasteiger partial charge in [0.25, 0.3) is 15.9 Å². The summed E-state index contributed by atoms with van der Waals surface area (Å²) in [5.41, 5.74) is 2.28. The van der Waals surface area contributed by atoms with Crippen LogP contribution in [0.15, 0.2) is 41.3 Å². The molecule has 0 aliphatic carbocycles. The number of anilines is 1. The molecule has 2 aliphatic heterocycles. The van der Waals surface area contributed by atoms with Gasteiger partial charge in [0, 0.05) is 18.5 Å². The van der Waals surface area contributed by atoms with Crippen molar-refractivity contribution in [3.63, 3.8) is 0 Å². The SMILES string of the molecule is COc1nn2c(c1S(=O)(=O)N1CC(CCC(=O)O)Oc3ccc(C=C(C)c4c(F)cccc4Cl)cc31)CCCC2. The van der Waals surface area contributed by atoms with Gasteiger partial charge >= 0.3 is 5.97 Å². The van der Waals surface area contributed by atoms with Gasteiger partial charge in [-0.25, -0.2) is 12.8 Å². The average Bonchev–Trinajstić information content (AvgIpc) is 3.31. The van der Waals surface area contributed by atoms with Crippen LogP contribution in [-0.4, -0.2) is 49.0 Å². The van der Waals surface area contributed by atoms with Crippen LogP contribution in [0.1, 0.15) is 49.4 Å². The second-order valence-corrected chi connectivity index (χ2v) is 12.0. The lowest BCUT2D eigenvalue weighted by atomic mass is 10.0. The first-order valence-corrected chi connectivity index (χ1v) is 14.7. The molecule has 2 aliphatic rings. The van der Waals surface area contributed by atoms with Gasteiger partial charge in [0.1, 0.15) is 17.7 Å². The van der Waals surface area contributed by atoms with Crippen LogP contribution in [0.3, 0.4) is 0 Å². The number of carboxylic acids is 1. The average molecular weight is 590 g/mol. The number of aromatic nitrogens is 2. The summed E-state index contributed by atoms with van der Waals surface area (Å²) in [7, 11) is -2.82. The summed E-state index contributed by atoms with van der Waals surface area (Å²) < 4.78 is 57.6. The van der Waals surface area contributed by atoms with Gasteiger partial charge in [0.15, 0.2) is 4.90 Å². The van der Waals surface area contributed by atoms with Crippen molar-refractivity contribution < 1.29 is 32.2 Å². The Balaban J connectivity index is 1.61. The van der Waals surface area contributed by atoms with Crippen molar-refractivity contribution in [2.24, 2.45) is 0 Å². The lowest BCUT2D eigenvalue weighted by Crippen LogP contribution is -2.44.